The van der Waals surface area contributed by atoms with Crippen molar-refractivity contribution in [2.24, 2.45) is 0 Å². The molecule has 44 heavy (non-hydrogen) atoms. The zero-order valence-electron chi connectivity index (χ0n) is 26.2. The number of nitrogens with zero attached hydrogens (tertiary/aromatic N) is 1. The number of likely N-dealkylation sites (N-methyl/N-ethyl adjacent to an activating group) is 1. The number of amides is 2. The largest absolute Gasteiger partial charge is 0.392 e. The summed E-state index contributed by atoms with van der Waals surface area (Å²) in [6, 6.07) is 26.7. The predicted molar refractivity (Wildman–Crippen MR) is 171 cm³/mol. The van der Waals surface area contributed by atoms with E-state index in [-0.39, 0.29) is 36.7 Å². The van der Waals surface area contributed by atoms with Crippen LogP contribution >= 0.6 is 0 Å². The van der Waals surface area contributed by atoms with Crippen LogP contribution in [0.2, 0.25) is 0 Å². The molecule has 4 atom stereocenters. The third kappa shape index (κ3) is 10.3. The number of hydrogen-bond donors (Lipinski definition) is 3. The maximum absolute atomic E-state index is 12.3. The summed E-state index contributed by atoms with van der Waals surface area (Å²) in [5, 5.41) is 15.3. The van der Waals surface area contributed by atoms with Crippen LogP contribution in [0.4, 0.5) is 0 Å². The number of carbonyl (C=O) groups is 2. The van der Waals surface area contributed by atoms with Gasteiger partial charge in [-0.2, -0.15) is 0 Å². The Morgan fingerprint density at radius 3 is 2.25 bits per heavy atom. The van der Waals surface area contributed by atoms with Crippen molar-refractivity contribution in [2.45, 2.75) is 83.6 Å². The molecule has 0 radical (unpaired) electrons. The summed E-state index contributed by atoms with van der Waals surface area (Å²) in [6.45, 7) is 5.59. The van der Waals surface area contributed by atoms with Crippen LogP contribution in [0.3, 0.4) is 0 Å². The molecule has 0 bridgehead atoms. The van der Waals surface area contributed by atoms with Crippen LogP contribution in [0.1, 0.15) is 92.2 Å². The van der Waals surface area contributed by atoms with Gasteiger partial charge in [-0.25, -0.2) is 0 Å². The molecule has 3 aromatic carbocycles. The molecule has 1 aliphatic heterocycles. The van der Waals surface area contributed by atoms with E-state index in [2.05, 4.69) is 53.8 Å². The van der Waals surface area contributed by atoms with Crippen LogP contribution in [-0.4, -0.2) is 48.1 Å². The van der Waals surface area contributed by atoms with Gasteiger partial charge in [-0.1, -0.05) is 85.3 Å². The smallest absolute Gasteiger partial charge is 0.220 e. The van der Waals surface area contributed by atoms with Crippen LogP contribution < -0.4 is 10.6 Å². The second kappa shape index (κ2) is 17.1. The molecule has 0 aromatic heterocycles. The van der Waals surface area contributed by atoms with Gasteiger partial charge in [-0.05, 0) is 49.1 Å². The Morgan fingerprint density at radius 1 is 0.886 bits per heavy atom. The molecule has 0 unspecified atom stereocenters. The summed E-state index contributed by atoms with van der Waals surface area (Å²) in [5.74, 6) is 0.00363. The Labute approximate surface area is 261 Å². The molecule has 1 heterocycles. The predicted octanol–water partition coefficient (Wildman–Crippen LogP) is 5.73. The summed E-state index contributed by atoms with van der Waals surface area (Å²) in [7, 11) is 2.13. The van der Waals surface area contributed by atoms with Gasteiger partial charge in [-0.3, -0.25) is 14.5 Å². The van der Waals surface area contributed by atoms with Crippen molar-refractivity contribution in [1.29, 1.82) is 0 Å². The lowest BCUT2D eigenvalue weighted by atomic mass is 9.99. The molecule has 8 heteroatoms. The van der Waals surface area contributed by atoms with Crippen molar-refractivity contribution < 1.29 is 24.2 Å². The van der Waals surface area contributed by atoms with Gasteiger partial charge in [0.15, 0.2) is 6.29 Å². The van der Waals surface area contributed by atoms with E-state index in [9.17, 15) is 14.7 Å². The van der Waals surface area contributed by atoms with Gasteiger partial charge in [0.1, 0.15) is 0 Å². The van der Waals surface area contributed by atoms with Gasteiger partial charge in [0.2, 0.25) is 11.8 Å². The molecular formula is C36H47N3O5. The summed E-state index contributed by atoms with van der Waals surface area (Å²) in [6.07, 6.45) is 3.03. The molecule has 4 rings (SSSR count). The summed E-state index contributed by atoms with van der Waals surface area (Å²) >= 11 is 0. The molecule has 8 nitrogen and oxygen atoms in total. The highest BCUT2D eigenvalue weighted by molar-refractivity contribution is 5.75. The molecular weight excluding hydrogens is 554 g/mol. The molecule has 0 aliphatic carbocycles. The molecule has 3 aromatic rings. The van der Waals surface area contributed by atoms with E-state index in [0.717, 1.165) is 54.5 Å². The van der Waals surface area contributed by atoms with Gasteiger partial charge in [0.25, 0.3) is 0 Å². The van der Waals surface area contributed by atoms with Crippen LogP contribution in [-0.2, 0) is 32.2 Å². The van der Waals surface area contributed by atoms with E-state index in [1.54, 1.807) is 0 Å². The first-order valence-electron chi connectivity index (χ1n) is 15.7. The number of aliphatic hydroxyl groups excluding tert-OH is 1. The highest BCUT2D eigenvalue weighted by atomic mass is 16.7. The fourth-order valence-corrected chi connectivity index (χ4v) is 5.43. The number of aliphatic hydroxyl groups is 1. The number of nitrogens with one attached hydrogen (secondary N) is 2. The monoisotopic (exact) mass is 601 g/mol. The average Bonchev–Trinajstić information content (AvgIpc) is 3.05. The molecule has 236 valence electrons. The Bertz CT molecular complexity index is 1300. The molecule has 1 saturated heterocycles. The first kappa shape index (κ1) is 33.3. The standard InChI is InChI=1S/C36H47N3O5/c1-26(30-10-6-4-7-11-30)39(3)24-33-22-34(31-17-15-29(25-40)16-18-31)44-36(43-33)32-19-13-28(14-20-32)23-38-35(42)12-8-5-9-21-37-27(2)41/h4,6-7,10-11,13-20,26,33-34,36,40H,5,8-9,12,21-25H2,1-3H3,(H,37,41)(H,38,42)/t26-,33-,34+,36+/m0/s1. The van der Waals surface area contributed by atoms with E-state index in [1.807, 2.05) is 54.6 Å². The topological polar surface area (TPSA) is 100 Å². The molecule has 1 fully saturated rings. The Kier molecular flexibility index (Phi) is 12.9. The molecule has 0 spiro atoms. The lowest BCUT2D eigenvalue weighted by Gasteiger charge is -2.39. The van der Waals surface area contributed by atoms with Gasteiger partial charge in [0.05, 0.1) is 18.8 Å². The van der Waals surface area contributed by atoms with E-state index in [0.29, 0.717) is 19.5 Å². The van der Waals surface area contributed by atoms with Crippen molar-refractivity contribution in [3.8, 4) is 0 Å². The number of ether oxygens (including phenoxy) is 2. The normalized spacial score (nSPS) is 19.0. The summed E-state index contributed by atoms with van der Waals surface area (Å²) in [4.78, 5) is 25.6. The molecule has 3 N–H and O–H groups in total. The lowest BCUT2D eigenvalue weighted by molar-refractivity contribution is -0.253. The van der Waals surface area contributed by atoms with E-state index in [4.69, 9.17) is 9.47 Å². The third-order valence-electron chi connectivity index (χ3n) is 8.25. The van der Waals surface area contributed by atoms with Crippen molar-refractivity contribution in [3.63, 3.8) is 0 Å². The Balaban J connectivity index is 1.36. The Morgan fingerprint density at radius 2 is 1.57 bits per heavy atom. The SMILES string of the molecule is CC(=O)NCCCCCC(=O)NCc1ccc([C@@H]2O[C@H](CN(C)[C@@H](C)c3ccccc3)C[C@H](c3ccc(CO)cc3)O2)cc1. The molecule has 2 amide bonds. The minimum Gasteiger partial charge on any atom is -0.392 e. The van der Waals surface area contributed by atoms with Crippen molar-refractivity contribution in [3.05, 3.63) is 107 Å². The zero-order valence-corrected chi connectivity index (χ0v) is 26.2. The summed E-state index contributed by atoms with van der Waals surface area (Å²) in [5.41, 5.74) is 5.13. The molecule has 0 saturated carbocycles. The number of benzene rings is 3. The minimum atomic E-state index is -0.530. The van der Waals surface area contributed by atoms with Crippen LogP contribution in [0.25, 0.3) is 0 Å². The highest BCUT2D eigenvalue weighted by Crippen LogP contribution is 2.38. The average molecular weight is 602 g/mol. The third-order valence-corrected chi connectivity index (χ3v) is 8.25. The van der Waals surface area contributed by atoms with E-state index >= 15 is 0 Å². The van der Waals surface area contributed by atoms with E-state index < -0.39 is 6.29 Å². The lowest BCUT2D eigenvalue weighted by Crippen LogP contribution is -2.38. The number of rotatable bonds is 15. The second-order valence-electron chi connectivity index (χ2n) is 11.7. The van der Waals surface area contributed by atoms with E-state index in [1.165, 1.54) is 12.5 Å². The van der Waals surface area contributed by atoms with Gasteiger partial charge < -0.3 is 25.2 Å². The highest BCUT2D eigenvalue weighted by Gasteiger charge is 2.33. The van der Waals surface area contributed by atoms with Crippen molar-refractivity contribution >= 4 is 11.8 Å². The van der Waals surface area contributed by atoms with Crippen LogP contribution in [0.5, 0.6) is 0 Å². The summed E-state index contributed by atoms with van der Waals surface area (Å²) < 4.78 is 13.1. The van der Waals surface area contributed by atoms with Crippen LogP contribution in [0, 0.1) is 0 Å². The van der Waals surface area contributed by atoms with Gasteiger partial charge >= 0.3 is 0 Å². The number of hydrogen-bond acceptors (Lipinski definition) is 6. The number of carbonyl (C=O) groups excluding carboxylic acids is 2. The molecule has 1 aliphatic rings. The van der Waals surface area contributed by atoms with Crippen LogP contribution in [0.15, 0.2) is 78.9 Å². The first-order valence-corrected chi connectivity index (χ1v) is 15.7. The van der Waals surface area contributed by atoms with Gasteiger partial charge in [0, 0.05) is 51.0 Å². The van der Waals surface area contributed by atoms with Gasteiger partial charge in [-0.15, -0.1) is 0 Å². The first-order chi connectivity index (χ1) is 21.3. The number of unbranched alkanes of at least 4 members (excludes halogenated alkanes) is 2. The minimum absolute atomic E-state index is 0.00900. The second-order valence-corrected chi connectivity index (χ2v) is 11.7. The van der Waals surface area contributed by atoms with Crippen molar-refractivity contribution in [1.82, 2.24) is 15.5 Å². The zero-order chi connectivity index (χ0) is 31.3. The quantitative estimate of drug-likeness (QED) is 0.193. The maximum atomic E-state index is 12.3. The fraction of sp³-hybridized carbons (Fsp3) is 0.444. The maximum Gasteiger partial charge on any atom is 0.220 e. The Hall–Kier alpha value is -3.56. The fourth-order valence-electron chi connectivity index (χ4n) is 5.43. The van der Waals surface area contributed by atoms with Crippen molar-refractivity contribution in [2.75, 3.05) is 20.1 Å².